The second-order valence-electron chi connectivity index (χ2n) is 5.25. The van der Waals surface area contributed by atoms with E-state index in [1.165, 1.54) is 30.3 Å². The first-order valence-corrected chi connectivity index (χ1v) is 7.85. The number of halogens is 1. The standard InChI is InChI=1S/C17H13ClN2O6.Na/c18-12-8-10(2-3-11(12)16(22)23)19-17(24)20-15(21)9-1-4-13-14(7-9)26-6-5-25-13;/h1-4,7-8H,5-6H2,(H,22,23)(H2,19,20,21,24);/q;+1/p-1. The van der Waals surface area contributed by atoms with Crippen LogP contribution in [0.3, 0.4) is 0 Å². The molecule has 0 saturated heterocycles. The van der Waals surface area contributed by atoms with Crippen molar-refractivity contribution in [1.82, 2.24) is 5.32 Å². The van der Waals surface area contributed by atoms with Gasteiger partial charge in [0.1, 0.15) is 13.2 Å². The van der Waals surface area contributed by atoms with Gasteiger partial charge in [0.05, 0.1) is 11.0 Å². The SMILES string of the molecule is O=C(NC(=O)c1ccc2c(c1)OCCO2)Nc1ccc(C(=O)[O-])c(Cl)c1.[Na+]. The van der Waals surface area contributed by atoms with Crippen LogP contribution in [-0.2, 0) is 0 Å². The third kappa shape index (κ3) is 5.14. The summed E-state index contributed by atoms with van der Waals surface area (Å²) in [5.41, 5.74) is 0.229. The minimum absolute atomic E-state index is 0. The summed E-state index contributed by atoms with van der Waals surface area (Å²) in [7, 11) is 0. The van der Waals surface area contributed by atoms with Crippen molar-refractivity contribution in [3.63, 3.8) is 0 Å². The number of fused-ring (bicyclic) bond motifs is 1. The number of anilines is 1. The summed E-state index contributed by atoms with van der Waals surface area (Å²) in [6, 6.07) is 7.51. The normalized spacial score (nSPS) is 11.7. The number of urea groups is 1. The van der Waals surface area contributed by atoms with Gasteiger partial charge >= 0.3 is 35.6 Å². The fourth-order valence-corrected chi connectivity index (χ4v) is 2.54. The van der Waals surface area contributed by atoms with E-state index in [-0.39, 0.29) is 51.4 Å². The number of benzene rings is 2. The molecule has 0 unspecified atom stereocenters. The number of hydrogen-bond acceptors (Lipinski definition) is 6. The topological polar surface area (TPSA) is 117 Å². The maximum atomic E-state index is 12.2. The van der Waals surface area contributed by atoms with Crippen molar-refractivity contribution in [1.29, 1.82) is 0 Å². The van der Waals surface area contributed by atoms with Crippen LogP contribution in [0.4, 0.5) is 10.5 Å². The van der Waals surface area contributed by atoms with Crippen molar-refractivity contribution < 1.29 is 58.5 Å². The summed E-state index contributed by atoms with van der Waals surface area (Å²) in [6.45, 7) is 0.807. The number of imide groups is 1. The molecule has 2 N–H and O–H groups in total. The Morgan fingerprint density at radius 1 is 1.00 bits per heavy atom. The van der Waals surface area contributed by atoms with Gasteiger partial charge in [-0.05, 0) is 36.4 Å². The van der Waals surface area contributed by atoms with Crippen LogP contribution in [0.2, 0.25) is 5.02 Å². The van der Waals surface area contributed by atoms with Gasteiger partial charge in [-0.15, -0.1) is 0 Å². The molecular formula is C17H12ClN2NaO6. The zero-order valence-corrected chi connectivity index (χ0v) is 17.0. The minimum atomic E-state index is -1.43. The van der Waals surface area contributed by atoms with Gasteiger partial charge in [-0.1, -0.05) is 11.6 Å². The Morgan fingerprint density at radius 3 is 2.37 bits per heavy atom. The number of aromatic carboxylic acids is 1. The van der Waals surface area contributed by atoms with Gasteiger partial charge in [0.15, 0.2) is 11.5 Å². The molecule has 27 heavy (non-hydrogen) atoms. The first-order valence-electron chi connectivity index (χ1n) is 7.47. The maximum absolute atomic E-state index is 12.2. The quantitative estimate of drug-likeness (QED) is 0.604. The van der Waals surface area contributed by atoms with Gasteiger partial charge in [-0.3, -0.25) is 10.1 Å². The average molecular weight is 399 g/mol. The predicted octanol–water partition coefficient (Wildman–Crippen LogP) is -1.56. The van der Waals surface area contributed by atoms with Crippen molar-refractivity contribution >= 4 is 35.2 Å². The number of carbonyl (C=O) groups excluding carboxylic acids is 3. The van der Waals surface area contributed by atoms with Crippen LogP contribution in [0.5, 0.6) is 11.5 Å². The molecular weight excluding hydrogens is 387 g/mol. The third-order valence-electron chi connectivity index (χ3n) is 3.48. The molecule has 2 aromatic carbocycles. The van der Waals surface area contributed by atoms with Crippen LogP contribution in [0.1, 0.15) is 20.7 Å². The van der Waals surface area contributed by atoms with Crippen LogP contribution in [-0.4, -0.2) is 31.1 Å². The van der Waals surface area contributed by atoms with E-state index in [0.717, 1.165) is 0 Å². The summed E-state index contributed by atoms with van der Waals surface area (Å²) in [5, 5.41) is 15.2. The van der Waals surface area contributed by atoms with E-state index in [2.05, 4.69) is 10.6 Å². The molecule has 3 amide bonds. The smallest absolute Gasteiger partial charge is 0.545 e. The zero-order chi connectivity index (χ0) is 18.7. The van der Waals surface area contributed by atoms with Crippen molar-refractivity contribution in [2.45, 2.75) is 0 Å². The van der Waals surface area contributed by atoms with E-state index >= 15 is 0 Å². The van der Waals surface area contributed by atoms with Crippen molar-refractivity contribution in [3.05, 3.63) is 52.5 Å². The molecule has 3 rings (SSSR count). The number of nitrogens with one attached hydrogen (secondary N) is 2. The van der Waals surface area contributed by atoms with E-state index in [1.807, 2.05) is 0 Å². The molecule has 1 aliphatic heterocycles. The van der Waals surface area contributed by atoms with E-state index in [4.69, 9.17) is 21.1 Å². The van der Waals surface area contributed by atoms with E-state index in [1.54, 1.807) is 6.07 Å². The number of rotatable bonds is 3. The second kappa shape index (κ2) is 9.09. The first-order chi connectivity index (χ1) is 12.4. The van der Waals surface area contributed by atoms with Crippen LogP contribution < -0.4 is 54.8 Å². The minimum Gasteiger partial charge on any atom is -0.545 e. The van der Waals surface area contributed by atoms with Gasteiger partial charge < -0.3 is 24.7 Å². The van der Waals surface area contributed by atoms with Crippen molar-refractivity contribution in [3.8, 4) is 11.5 Å². The van der Waals surface area contributed by atoms with Crippen LogP contribution in [0, 0.1) is 0 Å². The Bertz CT molecular complexity index is 905. The van der Waals surface area contributed by atoms with Crippen LogP contribution in [0.15, 0.2) is 36.4 Å². The molecule has 0 aromatic heterocycles. The Hall–Kier alpha value is -2.26. The molecule has 10 heteroatoms. The fraction of sp³-hybridized carbons (Fsp3) is 0.118. The monoisotopic (exact) mass is 398 g/mol. The Labute approximate surface area is 181 Å². The zero-order valence-electron chi connectivity index (χ0n) is 14.2. The van der Waals surface area contributed by atoms with Crippen molar-refractivity contribution in [2.75, 3.05) is 18.5 Å². The molecule has 0 bridgehead atoms. The number of carboxylic acid groups (broad SMARTS) is 1. The summed E-state index contributed by atoms with van der Waals surface area (Å²) in [5.74, 6) is -1.12. The molecule has 134 valence electrons. The molecule has 0 fully saturated rings. The largest absolute Gasteiger partial charge is 1.00 e. The summed E-state index contributed by atoms with van der Waals surface area (Å²) in [6.07, 6.45) is 0. The molecule has 0 spiro atoms. The fourth-order valence-electron chi connectivity index (χ4n) is 2.28. The molecule has 8 nitrogen and oxygen atoms in total. The molecule has 2 aromatic rings. The predicted molar refractivity (Wildman–Crippen MR) is 89.7 cm³/mol. The molecule has 0 aliphatic carbocycles. The van der Waals surface area contributed by atoms with Crippen LogP contribution in [0.25, 0.3) is 0 Å². The number of ether oxygens (including phenoxy) is 2. The molecule has 0 radical (unpaired) electrons. The van der Waals surface area contributed by atoms with E-state index in [9.17, 15) is 19.5 Å². The number of hydrogen-bond donors (Lipinski definition) is 2. The Balaban J connectivity index is 0.00000261. The van der Waals surface area contributed by atoms with Gasteiger partial charge in [0.25, 0.3) is 5.91 Å². The molecule has 1 heterocycles. The number of carbonyl (C=O) groups is 3. The van der Waals surface area contributed by atoms with Gasteiger partial charge in [0.2, 0.25) is 0 Å². The molecule has 0 saturated carbocycles. The molecule has 1 aliphatic rings. The first kappa shape index (κ1) is 21.0. The van der Waals surface area contributed by atoms with Gasteiger partial charge in [-0.25, -0.2) is 4.79 Å². The number of carboxylic acids is 1. The van der Waals surface area contributed by atoms with Crippen LogP contribution >= 0.6 is 11.6 Å². The Morgan fingerprint density at radius 2 is 1.70 bits per heavy atom. The summed E-state index contributed by atoms with van der Waals surface area (Å²) < 4.78 is 10.7. The average Bonchev–Trinajstić information content (AvgIpc) is 2.60. The maximum Gasteiger partial charge on any atom is 1.00 e. The van der Waals surface area contributed by atoms with Gasteiger partial charge in [-0.2, -0.15) is 0 Å². The summed E-state index contributed by atoms with van der Waals surface area (Å²) >= 11 is 5.79. The molecule has 0 atom stereocenters. The van der Waals surface area contributed by atoms with Gasteiger partial charge in [0, 0.05) is 16.8 Å². The Kier molecular flexibility index (Phi) is 7.09. The second-order valence-corrected chi connectivity index (χ2v) is 5.66. The number of amides is 3. The third-order valence-corrected chi connectivity index (χ3v) is 3.79. The van der Waals surface area contributed by atoms with E-state index < -0.39 is 17.9 Å². The van der Waals surface area contributed by atoms with E-state index in [0.29, 0.717) is 24.7 Å². The van der Waals surface area contributed by atoms with Crippen molar-refractivity contribution in [2.24, 2.45) is 0 Å². The summed E-state index contributed by atoms with van der Waals surface area (Å²) in [4.78, 5) is 34.9.